The summed E-state index contributed by atoms with van der Waals surface area (Å²) in [7, 11) is 3.24. The van der Waals surface area contributed by atoms with Crippen LogP contribution in [0.2, 0.25) is 0 Å². The summed E-state index contributed by atoms with van der Waals surface area (Å²) in [4.78, 5) is 7.09. The van der Waals surface area contributed by atoms with E-state index in [4.69, 9.17) is 18.9 Å². The van der Waals surface area contributed by atoms with Crippen LogP contribution in [-0.4, -0.2) is 30.6 Å². The molecule has 0 spiro atoms. The minimum atomic E-state index is 0.550. The van der Waals surface area contributed by atoms with Gasteiger partial charge in [-0.05, 0) is 31.2 Å². The molecule has 0 bridgehead atoms. The Labute approximate surface area is 160 Å². The molecule has 3 aromatic rings. The Kier molecular flexibility index (Phi) is 6.14. The van der Waals surface area contributed by atoms with Crippen molar-refractivity contribution in [1.29, 1.82) is 0 Å². The largest absolute Gasteiger partial charge is 0.493 e. The molecule has 0 atom stereocenters. The summed E-state index contributed by atoms with van der Waals surface area (Å²) in [5.41, 5.74) is 3.01. The maximum absolute atomic E-state index is 5.96. The van der Waals surface area contributed by atoms with Crippen molar-refractivity contribution in [2.45, 2.75) is 26.9 Å². The Balaban J connectivity index is 1.84. The number of aryl methyl sites for hydroxylation is 1. The number of benzene rings is 2. The third-order valence-corrected chi connectivity index (χ3v) is 4.60. The van der Waals surface area contributed by atoms with Crippen molar-refractivity contribution in [3.8, 4) is 23.0 Å². The fraction of sp³-hybridized carbons (Fsp3) is 0.318. The van der Waals surface area contributed by atoms with Crippen molar-refractivity contribution in [1.82, 2.24) is 9.88 Å². The highest BCUT2D eigenvalue weighted by Crippen LogP contribution is 2.38. The van der Waals surface area contributed by atoms with E-state index in [0.29, 0.717) is 17.4 Å². The van der Waals surface area contributed by atoms with Gasteiger partial charge >= 0.3 is 0 Å². The Bertz CT molecular complexity index is 875. The van der Waals surface area contributed by atoms with E-state index in [1.807, 2.05) is 31.2 Å². The lowest BCUT2D eigenvalue weighted by molar-refractivity contribution is 0.267. The van der Waals surface area contributed by atoms with E-state index >= 15 is 0 Å². The lowest BCUT2D eigenvalue weighted by Crippen LogP contribution is -2.22. The number of ether oxygens (including phenoxy) is 2. The van der Waals surface area contributed by atoms with E-state index in [0.717, 1.165) is 36.7 Å². The highest BCUT2D eigenvalue weighted by Gasteiger charge is 2.19. The molecule has 3 rings (SSSR count). The van der Waals surface area contributed by atoms with Gasteiger partial charge in [-0.3, -0.25) is 4.90 Å². The topological polar surface area (TPSA) is 47.7 Å². The maximum Gasteiger partial charge on any atom is 0.230 e. The standard InChI is InChI=1S/C22H26N2O3/c1-5-24(14-17-10-7-6-8-11-17)15-19-16(2)27-22(23-19)18-12-9-13-20(25-3)21(18)26-4/h6-13H,5,14-15H2,1-4H3. The van der Waals surface area contributed by atoms with Crippen LogP contribution < -0.4 is 9.47 Å². The van der Waals surface area contributed by atoms with Crippen molar-refractivity contribution >= 4 is 0 Å². The molecule has 1 heterocycles. The summed E-state index contributed by atoms with van der Waals surface area (Å²) < 4.78 is 16.9. The van der Waals surface area contributed by atoms with Gasteiger partial charge in [0, 0.05) is 13.1 Å². The van der Waals surface area contributed by atoms with E-state index in [9.17, 15) is 0 Å². The van der Waals surface area contributed by atoms with Gasteiger partial charge in [-0.2, -0.15) is 0 Å². The number of oxazole rings is 1. The molecule has 0 saturated heterocycles. The molecule has 2 aromatic carbocycles. The van der Waals surface area contributed by atoms with Crippen LogP contribution in [0.5, 0.6) is 11.5 Å². The van der Waals surface area contributed by atoms with E-state index in [1.165, 1.54) is 5.56 Å². The molecule has 142 valence electrons. The van der Waals surface area contributed by atoms with Gasteiger partial charge in [0.15, 0.2) is 11.5 Å². The zero-order valence-corrected chi connectivity index (χ0v) is 16.4. The molecule has 1 aromatic heterocycles. The van der Waals surface area contributed by atoms with Crippen molar-refractivity contribution in [3.63, 3.8) is 0 Å². The average Bonchev–Trinajstić information content (AvgIpc) is 3.07. The molecule has 27 heavy (non-hydrogen) atoms. The van der Waals surface area contributed by atoms with Crippen LogP contribution in [0.4, 0.5) is 0 Å². The Morgan fingerprint density at radius 2 is 1.74 bits per heavy atom. The molecular weight excluding hydrogens is 340 g/mol. The van der Waals surface area contributed by atoms with Gasteiger partial charge in [-0.25, -0.2) is 4.98 Å². The van der Waals surface area contributed by atoms with Crippen LogP contribution in [0.25, 0.3) is 11.5 Å². The van der Waals surface area contributed by atoms with Gasteiger partial charge in [0.2, 0.25) is 5.89 Å². The number of para-hydroxylation sites is 1. The molecule has 5 heteroatoms. The molecule has 0 amide bonds. The van der Waals surface area contributed by atoms with Crippen molar-refractivity contribution in [2.24, 2.45) is 0 Å². The number of hydrogen-bond acceptors (Lipinski definition) is 5. The van der Waals surface area contributed by atoms with E-state index < -0.39 is 0 Å². The maximum atomic E-state index is 5.96. The third kappa shape index (κ3) is 4.31. The first-order valence-corrected chi connectivity index (χ1v) is 9.10. The molecule has 0 aliphatic carbocycles. The monoisotopic (exact) mass is 366 g/mol. The van der Waals surface area contributed by atoms with Crippen molar-refractivity contribution in [2.75, 3.05) is 20.8 Å². The van der Waals surface area contributed by atoms with Crippen LogP contribution >= 0.6 is 0 Å². The molecule has 0 radical (unpaired) electrons. The Hall–Kier alpha value is -2.79. The Morgan fingerprint density at radius 1 is 0.963 bits per heavy atom. The second-order valence-corrected chi connectivity index (χ2v) is 6.35. The molecule has 0 saturated carbocycles. The molecule has 0 fully saturated rings. The lowest BCUT2D eigenvalue weighted by atomic mass is 10.2. The highest BCUT2D eigenvalue weighted by atomic mass is 16.5. The molecule has 5 nitrogen and oxygen atoms in total. The number of rotatable bonds is 8. The smallest absolute Gasteiger partial charge is 0.230 e. The first-order valence-electron chi connectivity index (χ1n) is 9.10. The number of nitrogens with zero attached hydrogens (tertiary/aromatic N) is 2. The van der Waals surface area contributed by atoms with Crippen LogP contribution in [0.15, 0.2) is 52.9 Å². The minimum absolute atomic E-state index is 0.550. The fourth-order valence-corrected chi connectivity index (χ4v) is 3.08. The second kappa shape index (κ2) is 8.73. The average molecular weight is 366 g/mol. The molecule has 0 aliphatic rings. The minimum Gasteiger partial charge on any atom is -0.493 e. The predicted molar refractivity (Wildman–Crippen MR) is 106 cm³/mol. The quantitative estimate of drug-likeness (QED) is 0.579. The summed E-state index contributed by atoms with van der Waals surface area (Å²) in [5.74, 6) is 2.66. The van der Waals surface area contributed by atoms with Crippen molar-refractivity contribution in [3.05, 3.63) is 65.5 Å². The molecular formula is C22H26N2O3. The van der Waals surface area contributed by atoms with E-state index in [-0.39, 0.29) is 0 Å². The lowest BCUT2D eigenvalue weighted by Gasteiger charge is -2.19. The number of methoxy groups -OCH3 is 2. The first kappa shape index (κ1) is 19.0. The zero-order valence-electron chi connectivity index (χ0n) is 16.4. The van der Waals surface area contributed by atoms with Gasteiger partial charge in [-0.15, -0.1) is 0 Å². The SMILES string of the molecule is CCN(Cc1ccccc1)Cc1nc(-c2cccc(OC)c2OC)oc1C. The summed E-state index contributed by atoms with van der Waals surface area (Å²) >= 11 is 0. The number of aromatic nitrogens is 1. The summed E-state index contributed by atoms with van der Waals surface area (Å²) in [5, 5.41) is 0. The molecule has 0 aliphatic heterocycles. The summed E-state index contributed by atoms with van der Waals surface area (Å²) in [6, 6.07) is 16.2. The van der Waals surface area contributed by atoms with E-state index in [1.54, 1.807) is 14.2 Å². The van der Waals surface area contributed by atoms with Crippen molar-refractivity contribution < 1.29 is 13.9 Å². The zero-order chi connectivity index (χ0) is 19.2. The third-order valence-electron chi connectivity index (χ3n) is 4.60. The normalized spacial score (nSPS) is 11.0. The summed E-state index contributed by atoms with van der Waals surface area (Å²) in [6.07, 6.45) is 0. The van der Waals surface area contributed by atoms with Gasteiger partial charge in [0.05, 0.1) is 25.5 Å². The molecule has 0 unspecified atom stereocenters. The van der Waals surface area contributed by atoms with Crippen LogP contribution in [0.1, 0.15) is 23.9 Å². The first-order chi connectivity index (χ1) is 13.2. The van der Waals surface area contributed by atoms with Gasteiger partial charge in [0.1, 0.15) is 5.76 Å². The van der Waals surface area contributed by atoms with Crippen LogP contribution in [-0.2, 0) is 13.1 Å². The predicted octanol–water partition coefficient (Wildman–Crippen LogP) is 4.69. The van der Waals surface area contributed by atoms with Crippen LogP contribution in [0, 0.1) is 6.92 Å². The van der Waals surface area contributed by atoms with E-state index in [2.05, 4.69) is 36.1 Å². The highest BCUT2D eigenvalue weighted by molar-refractivity contribution is 5.68. The van der Waals surface area contributed by atoms with Gasteiger partial charge in [-0.1, -0.05) is 43.3 Å². The molecule has 0 N–H and O–H groups in total. The summed E-state index contributed by atoms with van der Waals surface area (Å²) in [6.45, 7) is 6.65. The second-order valence-electron chi connectivity index (χ2n) is 6.35. The van der Waals surface area contributed by atoms with Gasteiger partial charge in [0.25, 0.3) is 0 Å². The fourth-order valence-electron chi connectivity index (χ4n) is 3.08. The Morgan fingerprint density at radius 3 is 2.41 bits per heavy atom. The number of hydrogen-bond donors (Lipinski definition) is 0. The van der Waals surface area contributed by atoms with Gasteiger partial charge < -0.3 is 13.9 Å². The van der Waals surface area contributed by atoms with Crippen LogP contribution in [0.3, 0.4) is 0 Å².